The molecule has 2 aromatic rings. The summed E-state index contributed by atoms with van der Waals surface area (Å²) < 4.78 is 1.14. The maximum atomic E-state index is 11.9. The zero-order valence-electron chi connectivity index (χ0n) is 9.49. The van der Waals surface area contributed by atoms with Crippen molar-refractivity contribution in [1.29, 1.82) is 0 Å². The highest BCUT2D eigenvalue weighted by molar-refractivity contribution is 6.09. The summed E-state index contributed by atoms with van der Waals surface area (Å²) in [6.45, 7) is 0. The van der Waals surface area contributed by atoms with Crippen molar-refractivity contribution in [1.82, 2.24) is 14.8 Å². The van der Waals surface area contributed by atoms with Gasteiger partial charge in [0.1, 0.15) is 0 Å². The van der Waals surface area contributed by atoms with E-state index in [0.717, 1.165) is 4.68 Å². The topological polar surface area (TPSA) is 97.1 Å². The molecule has 7 nitrogen and oxygen atoms in total. The van der Waals surface area contributed by atoms with Crippen LogP contribution in [0.15, 0.2) is 30.7 Å². The maximum absolute atomic E-state index is 11.9. The number of aromatic carboxylic acids is 1. The first kappa shape index (κ1) is 11.8. The summed E-state index contributed by atoms with van der Waals surface area (Å²) in [4.78, 5) is 26.7. The Bertz CT molecular complexity index is 592. The Morgan fingerprint density at radius 2 is 2.00 bits per heavy atom. The number of hydrogen-bond donors (Lipinski definition) is 2. The molecule has 0 saturated carbocycles. The number of aromatic nitrogens is 3. The predicted molar refractivity (Wildman–Crippen MR) is 62.4 cm³/mol. The first-order valence-corrected chi connectivity index (χ1v) is 5.06. The first-order valence-electron chi connectivity index (χ1n) is 5.06. The van der Waals surface area contributed by atoms with Crippen LogP contribution in [-0.4, -0.2) is 31.7 Å². The SMILES string of the molecule is Cn1ncc(C(=O)Nc2ccncc2)c1C(=O)O. The Hall–Kier alpha value is -2.70. The van der Waals surface area contributed by atoms with Crippen LogP contribution >= 0.6 is 0 Å². The summed E-state index contributed by atoms with van der Waals surface area (Å²) in [5.74, 6) is -1.72. The molecule has 2 rings (SSSR count). The minimum Gasteiger partial charge on any atom is -0.477 e. The molecule has 18 heavy (non-hydrogen) atoms. The smallest absolute Gasteiger partial charge is 0.354 e. The number of nitrogens with zero attached hydrogens (tertiary/aromatic N) is 3. The molecular weight excluding hydrogens is 236 g/mol. The van der Waals surface area contributed by atoms with Gasteiger partial charge in [0.25, 0.3) is 5.91 Å². The van der Waals surface area contributed by atoms with Gasteiger partial charge < -0.3 is 10.4 Å². The van der Waals surface area contributed by atoms with Gasteiger partial charge in [-0.15, -0.1) is 0 Å². The van der Waals surface area contributed by atoms with Gasteiger partial charge >= 0.3 is 5.97 Å². The molecule has 1 amide bonds. The van der Waals surface area contributed by atoms with Crippen LogP contribution < -0.4 is 5.32 Å². The van der Waals surface area contributed by atoms with Crippen molar-refractivity contribution in [3.05, 3.63) is 42.0 Å². The molecular formula is C11H10N4O3. The van der Waals surface area contributed by atoms with E-state index >= 15 is 0 Å². The van der Waals surface area contributed by atoms with E-state index in [1.165, 1.54) is 25.6 Å². The molecule has 0 bridgehead atoms. The third kappa shape index (κ3) is 2.19. The van der Waals surface area contributed by atoms with Gasteiger partial charge in [0.05, 0.1) is 11.8 Å². The highest BCUT2D eigenvalue weighted by Crippen LogP contribution is 2.11. The highest BCUT2D eigenvalue weighted by Gasteiger charge is 2.21. The van der Waals surface area contributed by atoms with Gasteiger partial charge in [-0.05, 0) is 12.1 Å². The average molecular weight is 246 g/mol. The lowest BCUT2D eigenvalue weighted by Gasteiger charge is -2.04. The van der Waals surface area contributed by atoms with Crippen LogP contribution in [0.4, 0.5) is 5.69 Å². The zero-order chi connectivity index (χ0) is 13.1. The predicted octanol–water partition coefficient (Wildman–Crippen LogP) is 0.766. The number of carbonyl (C=O) groups excluding carboxylic acids is 1. The number of anilines is 1. The zero-order valence-corrected chi connectivity index (χ0v) is 9.49. The number of nitrogens with one attached hydrogen (secondary N) is 1. The number of carboxylic acids is 1. The van der Waals surface area contributed by atoms with Gasteiger partial charge in [0.2, 0.25) is 0 Å². The summed E-state index contributed by atoms with van der Waals surface area (Å²) in [7, 11) is 1.46. The Morgan fingerprint density at radius 1 is 1.33 bits per heavy atom. The monoisotopic (exact) mass is 246 g/mol. The molecule has 7 heteroatoms. The number of carbonyl (C=O) groups is 2. The number of aryl methyl sites for hydroxylation is 1. The molecule has 0 atom stereocenters. The van der Waals surface area contributed by atoms with Crippen molar-refractivity contribution in [2.45, 2.75) is 0 Å². The molecule has 0 radical (unpaired) electrons. The third-order valence-electron chi connectivity index (χ3n) is 2.32. The van der Waals surface area contributed by atoms with Crippen LogP contribution in [0.2, 0.25) is 0 Å². The molecule has 0 fully saturated rings. The second-order valence-electron chi connectivity index (χ2n) is 3.53. The van der Waals surface area contributed by atoms with Crippen molar-refractivity contribution in [3.8, 4) is 0 Å². The van der Waals surface area contributed by atoms with E-state index in [2.05, 4.69) is 15.4 Å². The molecule has 2 heterocycles. The van der Waals surface area contributed by atoms with Gasteiger partial charge in [-0.25, -0.2) is 4.79 Å². The van der Waals surface area contributed by atoms with Gasteiger partial charge in [0, 0.05) is 25.1 Å². The number of hydrogen-bond acceptors (Lipinski definition) is 4. The summed E-state index contributed by atoms with van der Waals surface area (Å²) in [6, 6.07) is 3.21. The molecule has 2 aromatic heterocycles. The molecule has 0 aliphatic heterocycles. The number of rotatable bonds is 3. The lowest BCUT2D eigenvalue weighted by molar-refractivity contribution is 0.0680. The molecule has 0 spiro atoms. The van der Waals surface area contributed by atoms with Crippen LogP contribution in [0, 0.1) is 0 Å². The molecule has 92 valence electrons. The fourth-order valence-corrected chi connectivity index (χ4v) is 1.49. The van der Waals surface area contributed by atoms with Crippen LogP contribution in [0.5, 0.6) is 0 Å². The Kier molecular flexibility index (Phi) is 3.05. The Labute approximate surface area is 102 Å². The lowest BCUT2D eigenvalue weighted by atomic mass is 10.2. The second kappa shape index (κ2) is 4.66. The van der Waals surface area contributed by atoms with Gasteiger partial charge in [-0.3, -0.25) is 14.5 Å². The Balaban J connectivity index is 2.27. The molecule has 0 aromatic carbocycles. The van der Waals surface area contributed by atoms with Crippen LogP contribution in [0.25, 0.3) is 0 Å². The van der Waals surface area contributed by atoms with E-state index in [1.807, 2.05) is 0 Å². The summed E-state index contributed by atoms with van der Waals surface area (Å²) in [5.41, 5.74) is 0.401. The van der Waals surface area contributed by atoms with Crippen LogP contribution in [0.1, 0.15) is 20.8 Å². The van der Waals surface area contributed by atoms with Crippen LogP contribution in [0.3, 0.4) is 0 Å². The second-order valence-corrected chi connectivity index (χ2v) is 3.53. The summed E-state index contributed by atoms with van der Waals surface area (Å²) >= 11 is 0. The van der Waals surface area contributed by atoms with E-state index < -0.39 is 11.9 Å². The van der Waals surface area contributed by atoms with Gasteiger partial charge in [0.15, 0.2) is 5.69 Å². The fraction of sp³-hybridized carbons (Fsp3) is 0.0909. The molecule has 0 saturated heterocycles. The highest BCUT2D eigenvalue weighted by atomic mass is 16.4. The number of carboxylic acid groups (broad SMARTS) is 1. The standard InChI is InChI=1S/C11H10N4O3/c1-15-9(11(17)18)8(6-13-15)10(16)14-7-2-4-12-5-3-7/h2-6H,1H3,(H,17,18)(H,12,14,16). The van der Waals surface area contributed by atoms with E-state index in [-0.39, 0.29) is 11.3 Å². The maximum Gasteiger partial charge on any atom is 0.354 e. The van der Waals surface area contributed by atoms with Crippen LogP contribution in [-0.2, 0) is 7.05 Å². The normalized spacial score (nSPS) is 10.1. The van der Waals surface area contributed by atoms with Gasteiger partial charge in [-0.1, -0.05) is 0 Å². The average Bonchev–Trinajstić information content (AvgIpc) is 2.72. The molecule has 0 aliphatic rings. The molecule has 2 N–H and O–H groups in total. The van der Waals surface area contributed by atoms with E-state index in [1.54, 1.807) is 12.1 Å². The minimum atomic E-state index is -1.20. The Morgan fingerprint density at radius 3 is 2.61 bits per heavy atom. The van der Waals surface area contributed by atoms with E-state index in [9.17, 15) is 9.59 Å². The van der Waals surface area contributed by atoms with E-state index in [0.29, 0.717) is 5.69 Å². The van der Waals surface area contributed by atoms with Crippen molar-refractivity contribution < 1.29 is 14.7 Å². The summed E-state index contributed by atoms with van der Waals surface area (Å²) in [6.07, 6.45) is 4.27. The fourth-order valence-electron chi connectivity index (χ4n) is 1.49. The molecule has 0 unspecified atom stereocenters. The van der Waals surface area contributed by atoms with Crippen molar-refractivity contribution in [2.24, 2.45) is 7.05 Å². The molecule has 0 aliphatic carbocycles. The van der Waals surface area contributed by atoms with Crippen molar-refractivity contribution in [2.75, 3.05) is 5.32 Å². The van der Waals surface area contributed by atoms with Crippen molar-refractivity contribution in [3.63, 3.8) is 0 Å². The largest absolute Gasteiger partial charge is 0.477 e. The van der Waals surface area contributed by atoms with Crippen molar-refractivity contribution >= 4 is 17.6 Å². The first-order chi connectivity index (χ1) is 8.59. The summed E-state index contributed by atoms with van der Waals surface area (Å²) in [5, 5.41) is 15.3. The van der Waals surface area contributed by atoms with Gasteiger partial charge in [-0.2, -0.15) is 5.10 Å². The quantitative estimate of drug-likeness (QED) is 0.833. The lowest BCUT2D eigenvalue weighted by Crippen LogP contribution is -2.17. The van der Waals surface area contributed by atoms with E-state index in [4.69, 9.17) is 5.11 Å². The number of pyridine rings is 1. The third-order valence-corrected chi connectivity index (χ3v) is 2.32. The minimum absolute atomic E-state index is 0.0156. The number of amides is 1.